The Balaban J connectivity index is 1.79. The van der Waals surface area contributed by atoms with E-state index in [1.165, 1.54) is 0 Å². The smallest absolute Gasteiger partial charge is 0.251 e. The summed E-state index contributed by atoms with van der Waals surface area (Å²) < 4.78 is 10.7. The predicted octanol–water partition coefficient (Wildman–Crippen LogP) is 3.13. The Hall–Kier alpha value is -2.75. The van der Waals surface area contributed by atoms with Gasteiger partial charge in [-0.2, -0.15) is 0 Å². The van der Waals surface area contributed by atoms with Crippen LogP contribution in [0, 0.1) is 0 Å². The number of carbonyl (C=O) groups is 1. The van der Waals surface area contributed by atoms with Crippen LogP contribution < -0.4 is 14.4 Å². The largest absolute Gasteiger partial charge is 0.497 e. The lowest BCUT2D eigenvalue weighted by molar-refractivity contribution is -0.114. The summed E-state index contributed by atoms with van der Waals surface area (Å²) in [4.78, 5) is 14.2. The zero-order chi connectivity index (χ0) is 15.4. The first-order chi connectivity index (χ1) is 10.8. The second kappa shape index (κ2) is 6.35. The number of amides is 1. The van der Waals surface area contributed by atoms with Gasteiger partial charge in [-0.05, 0) is 35.9 Å². The highest BCUT2D eigenvalue weighted by molar-refractivity contribution is 6.05. The van der Waals surface area contributed by atoms with Crippen molar-refractivity contribution < 1.29 is 14.3 Å². The van der Waals surface area contributed by atoms with Gasteiger partial charge in [0.25, 0.3) is 5.91 Å². The van der Waals surface area contributed by atoms with Crippen molar-refractivity contribution in [1.29, 1.82) is 0 Å². The van der Waals surface area contributed by atoms with Gasteiger partial charge in [0.1, 0.15) is 18.1 Å². The third-order valence-electron chi connectivity index (χ3n) is 3.51. The minimum absolute atomic E-state index is 0.0569. The highest BCUT2D eigenvalue weighted by Gasteiger charge is 2.21. The van der Waals surface area contributed by atoms with Crippen molar-refractivity contribution in [2.45, 2.75) is 0 Å². The quantitative estimate of drug-likeness (QED) is 0.817. The molecule has 4 heteroatoms. The lowest BCUT2D eigenvalue weighted by Gasteiger charge is -2.28. The van der Waals surface area contributed by atoms with E-state index in [0.717, 1.165) is 22.7 Å². The van der Waals surface area contributed by atoms with Crippen molar-refractivity contribution in [3.8, 4) is 11.5 Å². The summed E-state index contributed by atoms with van der Waals surface area (Å²) in [6, 6.07) is 15.2. The molecule has 0 aromatic heterocycles. The molecule has 0 radical (unpaired) electrons. The van der Waals surface area contributed by atoms with Gasteiger partial charge in [-0.15, -0.1) is 0 Å². The number of fused-ring (bicyclic) bond motifs is 1. The summed E-state index contributed by atoms with van der Waals surface area (Å²) in [5.41, 5.74) is 1.74. The predicted molar refractivity (Wildman–Crippen MR) is 86.3 cm³/mol. The lowest BCUT2D eigenvalue weighted by atomic mass is 10.2. The fraction of sp³-hybridized carbons (Fsp3) is 0.167. The van der Waals surface area contributed by atoms with Gasteiger partial charge in [-0.1, -0.05) is 24.3 Å². The minimum atomic E-state index is -0.0569. The number of rotatable bonds is 3. The van der Waals surface area contributed by atoms with Crippen LogP contribution in [0.1, 0.15) is 5.56 Å². The molecule has 3 rings (SSSR count). The van der Waals surface area contributed by atoms with E-state index in [4.69, 9.17) is 9.47 Å². The van der Waals surface area contributed by atoms with Crippen LogP contribution in [0.2, 0.25) is 0 Å². The molecule has 0 bridgehead atoms. The van der Waals surface area contributed by atoms with Crippen LogP contribution in [-0.2, 0) is 4.79 Å². The minimum Gasteiger partial charge on any atom is -0.497 e. The third-order valence-corrected chi connectivity index (χ3v) is 3.51. The molecule has 0 aliphatic carbocycles. The molecule has 2 aromatic carbocycles. The van der Waals surface area contributed by atoms with Gasteiger partial charge >= 0.3 is 0 Å². The van der Waals surface area contributed by atoms with Gasteiger partial charge in [0.05, 0.1) is 19.3 Å². The lowest BCUT2D eigenvalue weighted by Crippen LogP contribution is -2.36. The number of carbonyl (C=O) groups excluding carboxylic acids is 1. The topological polar surface area (TPSA) is 38.8 Å². The number of hydrogen-bond acceptors (Lipinski definition) is 3. The Bertz CT molecular complexity index is 709. The van der Waals surface area contributed by atoms with Crippen molar-refractivity contribution in [3.63, 3.8) is 0 Å². The number of benzene rings is 2. The van der Waals surface area contributed by atoms with Gasteiger partial charge < -0.3 is 14.4 Å². The third kappa shape index (κ3) is 2.96. The molecule has 1 aliphatic rings. The van der Waals surface area contributed by atoms with E-state index in [-0.39, 0.29) is 5.91 Å². The molecule has 2 aromatic rings. The zero-order valence-corrected chi connectivity index (χ0v) is 12.4. The summed E-state index contributed by atoms with van der Waals surface area (Å²) in [7, 11) is 1.62. The molecular weight excluding hydrogens is 278 g/mol. The summed E-state index contributed by atoms with van der Waals surface area (Å²) in [5, 5.41) is 0. The first-order valence-corrected chi connectivity index (χ1v) is 7.13. The molecule has 112 valence electrons. The number of ether oxygens (including phenoxy) is 2. The monoisotopic (exact) mass is 295 g/mol. The average Bonchev–Trinajstić information content (AvgIpc) is 2.59. The molecule has 4 nitrogen and oxygen atoms in total. The molecular formula is C18H17NO3. The van der Waals surface area contributed by atoms with Gasteiger partial charge in [-0.3, -0.25) is 4.79 Å². The molecule has 0 spiro atoms. The molecule has 0 fully saturated rings. The second-order valence-electron chi connectivity index (χ2n) is 4.92. The van der Waals surface area contributed by atoms with E-state index in [2.05, 4.69) is 0 Å². The Morgan fingerprint density at radius 1 is 1.23 bits per heavy atom. The molecule has 0 N–H and O–H groups in total. The number of methoxy groups -OCH3 is 1. The Kier molecular flexibility index (Phi) is 4.10. The molecule has 1 amide bonds. The van der Waals surface area contributed by atoms with Crippen LogP contribution >= 0.6 is 0 Å². The Labute approximate surface area is 129 Å². The number of para-hydroxylation sites is 2. The van der Waals surface area contributed by atoms with E-state index in [1.54, 1.807) is 24.2 Å². The number of hydrogen-bond donors (Lipinski definition) is 0. The van der Waals surface area contributed by atoms with E-state index in [9.17, 15) is 4.79 Å². The molecule has 0 saturated heterocycles. The van der Waals surface area contributed by atoms with Gasteiger partial charge in [0.2, 0.25) is 0 Å². The fourth-order valence-electron chi connectivity index (χ4n) is 2.40. The highest BCUT2D eigenvalue weighted by atomic mass is 16.5. The normalized spacial score (nSPS) is 13.6. The summed E-state index contributed by atoms with van der Waals surface area (Å²) in [6.07, 6.45) is 3.37. The highest BCUT2D eigenvalue weighted by Crippen LogP contribution is 2.31. The molecule has 1 heterocycles. The van der Waals surface area contributed by atoms with Crippen molar-refractivity contribution >= 4 is 17.7 Å². The number of anilines is 1. The SMILES string of the molecule is COc1cccc(/C=C/C(=O)N2CCOc3ccccc32)c1. The van der Waals surface area contributed by atoms with Crippen molar-refractivity contribution in [2.24, 2.45) is 0 Å². The summed E-state index contributed by atoms with van der Waals surface area (Å²) in [6.45, 7) is 1.06. The molecule has 0 atom stereocenters. The molecule has 0 saturated carbocycles. The van der Waals surface area contributed by atoms with Gasteiger partial charge in [0, 0.05) is 6.08 Å². The van der Waals surface area contributed by atoms with Crippen LogP contribution in [0.5, 0.6) is 11.5 Å². The second-order valence-corrected chi connectivity index (χ2v) is 4.92. The van der Waals surface area contributed by atoms with Crippen LogP contribution in [-0.4, -0.2) is 26.2 Å². The average molecular weight is 295 g/mol. The van der Waals surface area contributed by atoms with Crippen molar-refractivity contribution in [1.82, 2.24) is 0 Å². The first-order valence-electron chi connectivity index (χ1n) is 7.13. The van der Waals surface area contributed by atoms with E-state index >= 15 is 0 Å². The molecule has 1 aliphatic heterocycles. The van der Waals surface area contributed by atoms with Crippen LogP contribution in [0.3, 0.4) is 0 Å². The van der Waals surface area contributed by atoms with Crippen molar-refractivity contribution in [2.75, 3.05) is 25.2 Å². The van der Waals surface area contributed by atoms with E-state index < -0.39 is 0 Å². The zero-order valence-electron chi connectivity index (χ0n) is 12.4. The van der Waals surface area contributed by atoms with Crippen LogP contribution in [0.4, 0.5) is 5.69 Å². The van der Waals surface area contributed by atoms with Crippen LogP contribution in [0.15, 0.2) is 54.6 Å². The maximum Gasteiger partial charge on any atom is 0.251 e. The van der Waals surface area contributed by atoms with Gasteiger partial charge in [-0.25, -0.2) is 0 Å². The van der Waals surface area contributed by atoms with Crippen LogP contribution in [0.25, 0.3) is 6.08 Å². The Morgan fingerprint density at radius 3 is 2.95 bits per heavy atom. The summed E-state index contributed by atoms with van der Waals surface area (Å²) in [5.74, 6) is 1.46. The van der Waals surface area contributed by atoms with Gasteiger partial charge in [0.15, 0.2) is 0 Å². The van der Waals surface area contributed by atoms with E-state index in [1.807, 2.05) is 48.5 Å². The van der Waals surface area contributed by atoms with E-state index in [0.29, 0.717) is 13.2 Å². The summed E-state index contributed by atoms with van der Waals surface area (Å²) >= 11 is 0. The first kappa shape index (κ1) is 14.2. The maximum absolute atomic E-state index is 12.4. The number of nitrogens with zero attached hydrogens (tertiary/aromatic N) is 1. The standard InChI is InChI=1S/C18H17NO3/c1-21-15-6-4-5-14(13-15)9-10-18(20)19-11-12-22-17-8-3-2-7-16(17)19/h2-10,13H,11-12H2,1H3/b10-9+. The molecule has 22 heavy (non-hydrogen) atoms. The van der Waals surface area contributed by atoms with Crippen molar-refractivity contribution in [3.05, 3.63) is 60.2 Å². The molecule has 0 unspecified atom stereocenters. The maximum atomic E-state index is 12.4. The fourth-order valence-corrected chi connectivity index (χ4v) is 2.40. The Morgan fingerprint density at radius 2 is 2.09 bits per heavy atom.